The fourth-order valence-corrected chi connectivity index (χ4v) is 3.03. The minimum atomic E-state index is -4.79. The zero-order valence-corrected chi connectivity index (χ0v) is 11.2. The van der Waals surface area contributed by atoms with E-state index in [0.717, 1.165) is 0 Å². The average molecular weight is 305 g/mol. The minimum absolute atomic E-state index is 0.135. The van der Waals surface area contributed by atoms with Crippen molar-refractivity contribution >= 4 is 13.4 Å². The van der Waals surface area contributed by atoms with Crippen molar-refractivity contribution in [1.29, 1.82) is 0 Å². The molecule has 8 nitrogen and oxygen atoms in total. The van der Waals surface area contributed by atoms with Crippen LogP contribution in [0.25, 0.3) is 0 Å². The summed E-state index contributed by atoms with van der Waals surface area (Å²) in [4.78, 5) is 18.9. The number of rotatable bonds is 4. The van der Waals surface area contributed by atoms with Crippen LogP contribution in [-0.2, 0) is 9.30 Å². The molecule has 2 rings (SSSR count). The molecule has 1 unspecified atom stereocenters. The average Bonchev–Trinajstić information content (AvgIpc) is 2.67. The Kier molecular flexibility index (Phi) is 4.46. The summed E-state index contributed by atoms with van der Waals surface area (Å²) < 4.78 is 17.4. The molecule has 1 aliphatic rings. The standard InChI is InChI=1S/C11H16NO7P/c13-6-8-9(14)10(15)11(19-8)12(20(16,17)18)7-4-2-1-3-5-7/h1-5,8-11,13-15H,6H2,(H2,16,17,18)/t8-,9-,10-,11?/m1/s1. The van der Waals surface area contributed by atoms with Gasteiger partial charge in [0.1, 0.15) is 18.3 Å². The van der Waals surface area contributed by atoms with Crippen LogP contribution in [0.15, 0.2) is 30.3 Å². The van der Waals surface area contributed by atoms with E-state index < -0.39 is 38.9 Å². The first-order valence-electron chi connectivity index (χ1n) is 5.89. The van der Waals surface area contributed by atoms with Crippen molar-refractivity contribution in [3.63, 3.8) is 0 Å². The van der Waals surface area contributed by atoms with E-state index in [-0.39, 0.29) is 5.69 Å². The molecule has 1 aliphatic heterocycles. The zero-order valence-electron chi connectivity index (χ0n) is 10.4. The normalized spacial score (nSPS) is 30.4. The van der Waals surface area contributed by atoms with Crippen LogP contribution < -0.4 is 4.67 Å². The molecule has 1 aromatic carbocycles. The number of para-hydroxylation sites is 1. The van der Waals surface area contributed by atoms with Gasteiger partial charge in [-0.25, -0.2) is 4.57 Å². The summed E-state index contributed by atoms with van der Waals surface area (Å²) in [5.74, 6) is 0. The van der Waals surface area contributed by atoms with Gasteiger partial charge in [-0.15, -0.1) is 0 Å². The van der Waals surface area contributed by atoms with E-state index in [9.17, 15) is 24.6 Å². The summed E-state index contributed by atoms with van der Waals surface area (Å²) in [6.45, 7) is -0.571. The van der Waals surface area contributed by atoms with Gasteiger partial charge in [-0.05, 0) is 12.1 Å². The SMILES string of the molecule is O=P(O)(O)N(c1ccccc1)C1O[C@H](CO)[C@@H](O)[C@H]1O. The molecule has 5 N–H and O–H groups in total. The van der Waals surface area contributed by atoms with Crippen LogP contribution in [0.4, 0.5) is 5.69 Å². The molecule has 1 saturated heterocycles. The molecule has 1 heterocycles. The van der Waals surface area contributed by atoms with Gasteiger partial charge in [-0.3, -0.25) is 4.67 Å². The summed E-state index contributed by atoms with van der Waals surface area (Å²) in [7, 11) is -4.79. The van der Waals surface area contributed by atoms with Gasteiger partial charge in [0, 0.05) is 5.69 Å². The lowest BCUT2D eigenvalue weighted by molar-refractivity contribution is -0.0197. The lowest BCUT2D eigenvalue weighted by Crippen LogP contribution is -2.42. The first kappa shape index (κ1) is 15.4. The largest absolute Gasteiger partial charge is 0.432 e. The second-order valence-electron chi connectivity index (χ2n) is 4.42. The van der Waals surface area contributed by atoms with Crippen LogP contribution in [0, 0.1) is 0 Å². The van der Waals surface area contributed by atoms with Crippen molar-refractivity contribution in [3.05, 3.63) is 30.3 Å². The molecule has 1 aromatic rings. The van der Waals surface area contributed by atoms with Crippen molar-refractivity contribution in [1.82, 2.24) is 0 Å². The fourth-order valence-electron chi connectivity index (χ4n) is 2.11. The summed E-state index contributed by atoms with van der Waals surface area (Å²) in [5, 5.41) is 28.6. The third-order valence-corrected chi connectivity index (χ3v) is 4.08. The number of ether oxygens (including phenoxy) is 1. The first-order chi connectivity index (χ1) is 9.36. The van der Waals surface area contributed by atoms with Crippen molar-refractivity contribution < 1.29 is 34.4 Å². The predicted octanol–water partition coefficient (Wildman–Crippen LogP) is -0.975. The molecule has 0 bridgehead atoms. The Morgan fingerprint density at radius 1 is 1.15 bits per heavy atom. The Morgan fingerprint density at radius 3 is 2.20 bits per heavy atom. The summed E-state index contributed by atoms with van der Waals surface area (Å²) in [5.41, 5.74) is 0.135. The van der Waals surface area contributed by atoms with Crippen molar-refractivity contribution in [2.75, 3.05) is 11.3 Å². The zero-order chi connectivity index (χ0) is 14.9. The topological polar surface area (TPSA) is 131 Å². The third kappa shape index (κ3) is 2.87. The van der Waals surface area contributed by atoms with Gasteiger partial charge in [-0.2, -0.15) is 0 Å². The molecule has 112 valence electrons. The van der Waals surface area contributed by atoms with Gasteiger partial charge >= 0.3 is 7.75 Å². The maximum atomic E-state index is 11.7. The van der Waals surface area contributed by atoms with Crippen molar-refractivity contribution in [2.24, 2.45) is 0 Å². The molecule has 0 saturated carbocycles. The molecule has 0 aromatic heterocycles. The molecular formula is C11H16NO7P. The lowest BCUT2D eigenvalue weighted by atomic mass is 10.1. The van der Waals surface area contributed by atoms with E-state index in [1.165, 1.54) is 12.1 Å². The quantitative estimate of drug-likeness (QED) is 0.449. The molecule has 9 heteroatoms. The second-order valence-corrected chi connectivity index (χ2v) is 5.88. The predicted molar refractivity (Wildman–Crippen MR) is 68.7 cm³/mol. The number of nitrogens with zero attached hydrogens (tertiary/aromatic N) is 1. The van der Waals surface area contributed by atoms with Crippen LogP contribution in [0.2, 0.25) is 0 Å². The fraction of sp³-hybridized carbons (Fsp3) is 0.455. The monoisotopic (exact) mass is 305 g/mol. The van der Waals surface area contributed by atoms with Gasteiger partial charge in [0.15, 0.2) is 6.23 Å². The van der Waals surface area contributed by atoms with E-state index in [2.05, 4.69) is 0 Å². The van der Waals surface area contributed by atoms with Gasteiger partial charge in [0.2, 0.25) is 0 Å². The van der Waals surface area contributed by atoms with Crippen LogP contribution in [-0.4, -0.2) is 56.3 Å². The highest BCUT2D eigenvalue weighted by Crippen LogP contribution is 2.48. The minimum Gasteiger partial charge on any atom is -0.394 e. The summed E-state index contributed by atoms with van der Waals surface area (Å²) in [6.07, 6.45) is -5.54. The third-order valence-electron chi connectivity index (χ3n) is 3.06. The highest BCUT2D eigenvalue weighted by Gasteiger charge is 2.49. The lowest BCUT2D eigenvalue weighted by Gasteiger charge is -2.32. The van der Waals surface area contributed by atoms with Gasteiger partial charge < -0.3 is 29.8 Å². The Labute approximate surface area is 115 Å². The Bertz CT molecular complexity index is 493. The van der Waals surface area contributed by atoms with E-state index in [0.29, 0.717) is 4.67 Å². The van der Waals surface area contributed by atoms with Gasteiger partial charge in [-0.1, -0.05) is 18.2 Å². The smallest absolute Gasteiger partial charge is 0.394 e. The van der Waals surface area contributed by atoms with Crippen LogP contribution in [0.5, 0.6) is 0 Å². The van der Waals surface area contributed by atoms with Crippen LogP contribution in [0.1, 0.15) is 0 Å². The van der Waals surface area contributed by atoms with Crippen molar-refractivity contribution in [3.8, 4) is 0 Å². The Hall–Kier alpha value is -0.990. The molecule has 20 heavy (non-hydrogen) atoms. The number of hydrogen-bond acceptors (Lipinski definition) is 5. The Morgan fingerprint density at radius 2 is 1.75 bits per heavy atom. The number of aliphatic hydroxyl groups is 3. The maximum absolute atomic E-state index is 11.7. The number of anilines is 1. The molecule has 0 amide bonds. The van der Waals surface area contributed by atoms with E-state index in [1.54, 1.807) is 18.2 Å². The maximum Gasteiger partial charge on any atom is 0.432 e. The first-order valence-corrected chi connectivity index (χ1v) is 7.45. The highest BCUT2D eigenvalue weighted by molar-refractivity contribution is 7.53. The summed E-state index contributed by atoms with van der Waals surface area (Å²) in [6, 6.07) is 7.68. The molecular weight excluding hydrogens is 289 g/mol. The van der Waals surface area contributed by atoms with Crippen LogP contribution in [0.3, 0.4) is 0 Å². The second kappa shape index (κ2) is 5.79. The summed E-state index contributed by atoms with van der Waals surface area (Å²) >= 11 is 0. The number of hydrogen-bond donors (Lipinski definition) is 5. The van der Waals surface area contributed by atoms with E-state index in [1.807, 2.05) is 0 Å². The molecule has 0 radical (unpaired) electrons. The van der Waals surface area contributed by atoms with E-state index in [4.69, 9.17) is 9.84 Å². The number of benzene rings is 1. The Balaban J connectivity index is 2.37. The molecule has 1 fully saturated rings. The van der Waals surface area contributed by atoms with Crippen molar-refractivity contribution in [2.45, 2.75) is 24.5 Å². The van der Waals surface area contributed by atoms with Gasteiger partial charge in [0.25, 0.3) is 0 Å². The van der Waals surface area contributed by atoms with E-state index >= 15 is 0 Å². The molecule has 4 atom stereocenters. The van der Waals surface area contributed by atoms with Crippen LogP contribution >= 0.6 is 7.75 Å². The van der Waals surface area contributed by atoms with Gasteiger partial charge in [0.05, 0.1) is 6.61 Å². The molecule has 0 aliphatic carbocycles. The molecule has 0 spiro atoms. The number of aliphatic hydroxyl groups excluding tert-OH is 3. The highest BCUT2D eigenvalue weighted by atomic mass is 31.2.